The van der Waals surface area contributed by atoms with Crippen LogP contribution in [0.25, 0.3) is 0 Å². The lowest BCUT2D eigenvalue weighted by Gasteiger charge is -2.25. The molecule has 0 heterocycles. The second-order valence-electron chi connectivity index (χ2n) is 6.00. The zero-order chi connectivity index (χ0) is 19.1. The number of carbonyl (C=O) groups is 2. The van der Waals surface area contributed by atoms with Gasteiger partial charge in [0.1, 0.15) is 5.82 Å². The third-order valence-electron chi connectivity index (χ3n) is 3.88. The molecular weight excluding hydrogens is 357 g/mol. The van der Waals surface area contributed by atoms with Crippen molar-refractivity contribution in [1.29, 1.82) is 0 Å². The van der Waals surface area contributed by atoms with Crippen molar-refractivity contribution >= 4 is 23.4 Å². The highest BCUT2D eigenvalue weighted by Crippen LogP contribution is 2.18. The highest BCUT2D eigenvalue weighted by atomic mass is 35.5. The van der Waals surface area contributed by atoms with Gasteiger partial charge in [0.15, 0.2) is 0 Å². The van der Waals surface area contributed by atoms with Gasteiger partial charge in [-0.05, 0) is 43.9 Å². The molecular formula is C19H21ClFN3O2. The van der Waals surface area contributed by atoms with E-state index < -0.39 is 5.91 Å². The van der Waals surface area contributed by atoms with Crippen LogP contribution in [-0.4, -0.2) is 43.9 Å². The minimum Gasteiger partial charge on any atom is -0.353 e. The molecule has 2 N–H and O–H groups in total. The van der Waals surface area contributed by atoms with Gasteiger partial charge in [-0.25, -0.2) is 4.39 Å². The first-order valence-corrected chi connectivity index (χ1v) is 8.47. The molecule has 5 nitrogen and oxygen atoms in total. The molecule has 26 heavy (non-hydrogen) atoms. The fourth-order valence-corrected chi connectivity index (χ4v) is 2.71. The summed E-state index contributed by atoms with van der Waals surface area (Å²) in [5.41, 5.74) is 1.07. The first-order valence-electron chi connectivity index (χ1n) is 8.10. The van der Waals surface area contributed by atoms with Crippen LogP contribution in [0.5, 0.6) is 0 Å². The van der Waals surface area contributed by atoms with Gasteiger partial charge in [0.25, 0.3) is 5.91 Å². The minimum absolute atomic E-state index is 0.173. The molecule has 7 heteroatoms. The summed E-state index contributed by atoms with van der Waals surface area (Å²) in [5, 5.41) is 5.61. The fourth-order valence-electron chi connectivity index (χ4n) is 2.49. The summed E-state index contributed by atoms with van der Waals surface area (Å²) < 4.78 is 13.4. The first-order chi connectivity index (χ1) is 12.4. The Morgan fingerprint density at radius 3 is 2.50 bits per heavy atom. The average Bonchev–Trinajstić information content (AvgIpc) is 2.60. The smallest absolute Gasteiger partial charge is 0.253 e. The van der Waals surface area contributed by atoms with Gasteiger partial charge in [-0.1, -0.05) is 35.9 Å². The number of rotatable bonds is 7. The summed E-state index contributed by atoms with van der Waals surface area (Å²) in [4.78, 5) is 26.0. The second-order valence-corrected chi connectivity index (χ2v) is 6.41. The van der Waals surface area contributed by atoms with E-state index in [4.69, 9.17) is 11.6 Å². The van der Waals surface area contributed by atoms with Crippen molar-refractivity contribution in [2.75, 3.05) is 27.2 Å². The Labute approximate surface area is 157 Å². The molecule has 0 aliphatic carbocycles. The molecule has 2 aromatic rings. The summed E-state index contributed by atoms with van der Waals surface area (Å²) in [6, 6.07) is 12.7. The quantitative estimate of drug-likeness (QED) is 0.779. The Kier molecular flexibility index (Phi) is 7.12. The van der Waals surface area contributed by atoms with Crippen LogP contribution in [0.4, 0.5) is 4.39 Å². The molecule has 0 fully saturated rings. The van der Waals surface area contributed by atoms with Crippen LogP contribution >= 0.6 is 11.6 Å². The Morgan fingerprint density at radius 1 is 1.12 bits per heavy atom. The van der Waals surface area contributed by atoms with Crippen LogP contribution in [0.15, 0.2) is 48.5 Å². The van der Waals surface area contributed by atoms with Crippen LogP contribution in [0, 0.1) is 5.82 Å². The topological polar surface area (TPSA) is 61.4 Å². The number of halogens is 2. The molecule has 0 spiro atoms. The van der Waals surface area contributed by atoms with E-state index in [1.54, 1.807) is 36.4 Å². The van der Waals surface area contributed by atoms with Gasteiger partial charge in [-0.15, -0.1) is 0 Å². The second kappa shape index (κ2) is 9.31. The van der Waals surface area contributed by atoms with Crippen LogP contribution in [-0.2, 0) is 4.79 Å². The van der Waals surface area contributed by atoms with Crippen LogP contribution in [0.2, 0.25) is 5.02 Å². The van der Waals surface area contributed by atoms with E-state index in [0.29, 0.717) is 10.6 Å². The van der Waals surface area contributed by atoms with Crippen molar-refractivity contribution in [1.82, 2.24) is 15.5 Å². The predicted octanol–water partition coefficient (Wildman–Crippen LogP) is 2.63. The molecule has 0 bridgehead atoms. The van der Waals surface area contributed by atoms with Crippen molar-refractivity contribution < 1.29 is 14.0 Å². The molecule has 0 saturated heterocycles. The lowest BCUT2D eigenvalue weighted by molar-refractivity contribution is -0.120. The van der Waals surface area contributed by atoms with Gasteiger partial charge in [0.05, 0.1) is 23.2 Å². The molecule has 0 saturated carbocycles. The number of benzene rings is 2. The SMILES string of the molecule is CN(C)C(CNC(=O)CNC(=O)c1ccccc1Cl)c1cccc(F)c1. The minimum atomic E-state index is -0.417. The third kappa shape index (κ3) is 5.54. The number of hydrogen-bond donors (Lipinski definition) is 2. The molecule has 0 aliphatic heterocycles. The van der Waals surface area contributed by atoms with Gasteiger partial charge in [-0.3, -0.25) is 9.59 Å². The Morgan fingerprint density at radius 2 is 1.85 bits per heavy atom. The third-order valence-corrected chi connectivity index (χ3v) is 4.21. The number of carbonyl (C=O) groups excluding carboxylic acids is 2. The maximum Gasteiger partial charge on any atom is 0.253 e. The molecule has 2 aromatic carbocycles. The first kappa shape index (κ1) is 19.9. The molecule has 1 atom stereocenters. The highest BCUT2D eigenvalue weighted by Gasteiger charge is 2.16. The zero-order valence-electron chi connectivity index (χ0n) is 14.6. The molecule has 0 radical (unpaired) electrons. The van der Waals surface area contributed by atoms with Crippen LogP contribution in [0.3, 0.4) is 0 Å². The van der Waals surface area contributed by atoms with E-state index in [2.05, 4.69) is 10.6 Å². The number of nitrogens with zero attached hydrogens (tertiary/aromatic N) is 1. The Balaban J connectivity index is 1.89. The van der Waals surface area contributed by atoms with Crippen LogP contribution in [0.1, 0.15) is 22.0 Å². The molecule has 0 aliphatic rings. The average molecular weight is 378 g/mol. The van der Waals surface area contributed by atoms with Gasteiger partial charge in [0.2, 0.25) is 5.91 Å². The van der Waals surface area contributed by atoms with Crippen molar-refractivity contribution in [2.45, 2.75) is 6.04 Å². The van der Waals surface area contributed by atoms with E-state index >= 15 is 0 Å². The van der Waals surface area contributed by atoms with Crippen molar-refractivity contribution in [3.8, 4) is 0 Å². The van der Waals surface area contributed by atoms with Crippen LogP contribution < -0.4 is 10.6 Å². The van der Waals surface area contributed by atoms with Crippen molar-refractivity contribution in [3.63, 3.8) is 0 Å². The summed E-state index contributed by atoms with van der Waals surface area (Å²) >= 11 is 5.96. The summed E-state index contributed by atoms with van der Waals surface area (Å²) in [6.07, 6.45) is 0. The Hall–Kier alpha value is -2.44. The van der Waals surface area contributed by atoms with Gasteiger partial charge >= 0.3 is 0 Å². The largest absolute Gasteiger partial charge is 0.353 e. The lowest BCUT2D eigenvalue weighted by atomic mass is 10.1. The standard InChI is InChI=1S/C19H21ClFN3O2/c1-24(2)17(13-6-5-7-14(21)10-13)11-22-18(25)12-23-19(26)15-8-3-4-9-16(15)20/h3-10,17H,11-12H2,1-2H3,(H,22,25)(H,23,26). The number of likely N-dealkylation sites (N-methyl/N-ethyl adjacent to an activating group) is 1. The van der Waals surface area contributed by atoms with E-state index in [0.717, 1.165) is 5.56 Å². The van der Waals surface area contributed by atoms with Crippen molar-refractivity contribution in [2.24, 2.45) is 0 Å². The molecule has 138 valence electrons. The van der Waals surface area contributed by atoms with E-state index in [1.807, 2.05) is 19.0 Å². The Bertz CT molecular complexity index is 783. The van der Waals surface area contributed by atoms with E-state index in [9.17, 15) is 14.0 Å². The highest BCUT2D eigenvalue weighted by molar-refractivity contribution is 6.33. The van der Waals surface area contributed by atoms with E-state index in [1.165, 1.54) is 12.1 Å². The summed E-state index contributed by atoms with van der Waals surface area (Å²) in [6.45, 7) is 0.116. The summed E-state index contributed by atoms with van der Waals surface area (Å²) in [5.74, 6) is -1.08. The maximum atomic E-state index is 13.4. The zero-order valence-corrected chi connectivity index (χ0v) is 15.4. The number of hydrogen-bond acceptors (Lipinski definition) is 3. The number of amides is 2. The van der Waals surface area contributed by atoms with Gasteiger partial charge in [-0.2, -0.15) is 0 Å². The van der Waals surface area contributed by atoms with Gasteiger partial charge in [0, 0.05) is 6.54 Å². The normalized spacial score (nSPS) is 11.9. The summed E-state index contributed by atoms with van der Waals surface area (Å²) in [7, 11) is 3.70. The number of nitrogens with one attached hydrogen (secondary N) is 2. The monoisotopic (exact) mass is 377 g/mol. The maximum absolute atomic E-state index is 13.4. The fraction of sp³-hybridized carbons (Fsp3) is 0.263. The molecule has 0 aromatic heterocycles. The van der Waals surface area contributed by atoms with E-state index in [-0.39, 0.29) is 30.9 Å². The van der Waals surface area contributed by atoms with Crippen molar-refractivity contribution in [3.05, 3.63) is 70.5 Å². The van der Waals surface area contributed by atoms with Gasteiger partial charge < -0.3 is 15.5 Å². The molecule has 2 amide bonds. The predicted molar refractivity (Wildman–Crippen MR) is 99.6 cm³/mol. The molecule has 1 unspecified atom stereocenters. The molecule has 2 rings (SSSR count). The lowest BCUT2D eigenvalue weighted by Crippen LogP contribution is -2.40.